The highest BCUT2D eigenvalue weighted by molar-refractivity contribution is 5.41. The van der Waals surface area contributed by atoms with Crippen LogP contribution in [0.15, 0.2) is 12.1 Å². The summed E-state index contributed by atoms with van der Waals surface area (Å²) >= 11 is 0. The van der Waals surface area contributed by atoms with E-state index in [-0.39, 0.29) is 0 Å². The Kier molecular flexibility index (Phi) is 6.37. The largest absolute Gasteiger partial charge is 0.496 e. The Morgan fingerprint density at radius 1 is 1.12 bits per heavy atom. The summed E-state index contributed by atoms with van der Waals surface area (Å²) in [6.07, 6.45) is 6.34. The van der Waals surface area contributed by atoms with Crippen LogP contribution in [-0.4, -0.2) is 60.3 Å². The first-order chi connectivity index (χ1) is 12.1. The topological polar surface area (TPSA) is 35.9 Å². The van der Waals surface area contributed by atoms with Crippen LogP contribution in [0.2, 0.25) is 0 Å². The van der Waals surface area contributed by atoms with Crippen LogP contribution in [0, 0.1) is 13.8 Å². The van der Waals surface area contributed by atoms with E-state index in [1.807, 2.05) is 0 Å². The molecule has 2 fully saturated rings. The number of piperazine rings is 1. The molecule has 3 rings (SSSR count). The fourth-order valence-electron chi connectivity index (χ4n) is 4.68. The number of nitrogens with zero attached hydrogens (tertiary/aromatic N) is 2. The summed E-state index contributed by atoms with van der Waals surface area (Å²) in [5.41, 5.74) is 3.91. The molecular weight excluding hydrogens is 312 g/mol. The molecule has 0 amide bonds. The van der Waals surface area contributed by atoms with Crippen LogP contribution < -0.4 is 4.74 Å². The van der Waals surface area contributed by atoms with Crippen molar-refractivity contribution in [2.45, 2.75) is 64.6 Å². The highest BCUT2D eigenvalue weighted by atomic mass is 16.5. The van der Waals surface area contributed by atoms with Gasteiger partial charge in [-0.05, 0) is 55.9 Å². The Morgan fingerprint density at radius 3 is 2.56 bits per heavy atom. The predicted octanol–water partition coefficient (Wildman–Crippen LogP) is 3.12. The summed E-state index contributed by atoms with van der Waals surface area (Å²) in [5, 5.41) is 9.53. The third-order valence-electron chi connectivity index (χ3n) is 6.12. The molecule has 1 aliphatic carbocycles. The fraction of sp³-hybridized carbons (Fsp3) is 0.714. The van der Waals surface area contributed by atoms with Gasteiger partial charge in [0.1, 0.15) is 5.75 Å². The molecule has 0 unspecified atom stereocenters. The minimum atomic E-state index is 0.294. The second-order valence-electron chi connectivity index (χ2n) is 7.83. The molecule has 0 spiro atoms. The van der Waals surface area contributed by atoms with Gasteiger partial charge in [-0.3, -0.25) is 9.80 Å². The van der Waals surface area contributed by atoms with E-state index in [1.54, 1.807) is 7.11 Å². The van der Waals surface area contributed by atoms with E-state index in [9.17, 15) is 5.11 Å². The van der Waals surface area contributed by atoms with Crippen molar-refractivity contribution in [2.24, 2.45) is 0 Å². The maximum atomic E-state index is 9.53. The van der Waals surface area contributed by atoms with Crippen molar-refractivity contribution in [3.63, 3.8) is 0 Å². The van der Waals surface area contributed by atoms with Gasteiger partial charge in [0.05, 0.1) is 7.11 Å². The average Bonchev–Trinajstić information content (AvgIpc) is 3.13. The van der Waals surface area contributed by atoms with Gasteiger partial charge in [0.2, 0.25) is 0 Å². The van der Waals surface area contributed by atoms with E-state index in [1.165, 1.54) is 42.4 Å². The highest BCUT2D eigenvalue weighted by Crippen LogP contribution is 2.29. The van der Waals surface area contributed by atoms with Crippen molar-refractivity contribution < 1.29 is 9.84 Å². The average molecular weight is 347 g/mol. The third-order valence-corrected chi connectivity index (χ3v) is 6.12. The lowest BCUT2D eigenvalue weighted by Crippen LogP contribution is -2.56. The van der Waals surface area contributed by atoms with Crippen LogP contribution in [-0.2, 0) is 6.54 Å². The molecular formula is C21H34N2O2. The first-order valence-corrected chi connectivity index (χ1v) is 9.85. The molecule has 140 valence electrons. The number of hydrogen-bond donors (Lipinski definition) is 1. The van der Waals surface area contributed by atoms with Crippen molar-refractivity contribution >= 4 is 0 Å². The van der Waals surface area contributed by atoms with E-state index >= 15 is 0 Å². The molecule has 1 saturated heterocycles. The summed E-state index contributed by atoms with van der Waals surface area (Å²) in [5.74, 6) is 0.977. The number of rotatable bonds is 6. The van der Waals surface area contributed by atoms with Crippen LogP contribution in [0.1, 0.15) is 48.8 Å². The Hall–Kier alpha value is -1.10. The molecule has 1 saturated carbocycles. The summed E-state index contributed by atoms with van der Waals surface area (Å²) in [6, 6.07) is 5.69. The van der Waals surface area contributed by atoms with Gasteiger partial charge in [0.25, 0.3) is 0 Å². The van der Waals surface area contributed by atoms with Crippen LogP contribution in [0.25, 0.3) is 0 Å². The molecule has 1 aromatic carbocycles. The molecule has 1 N–H and O–H groups in total. The van der Waals surface area contributed by atoms with Crippen molar-refractivity contribution in [2.75, 3.05) is 33.4 Å². The molecule has 0 radical (unpaired) electrons. The molecule has 4 heteroatoms. The minimum Gasteiger partial charge on any atom is -0.496 e. The van der Waals surface area contributed by atoms with Gasteiger partial charge in [0, 0.05) is 44.9 Å². The zero-order valence-electron chi connectivity index (χ0n) is 16.1. The smallest absolute Gasteiger partial charge is 0.122 e. The maximum absolute atomic E-state index is 9.53. The quantitative estimate of drug-likeness (QED) is 0.858. The molecule has 1 aromatic rings. The first kappa shape index (κ1) is 18.7. The molecule has 25 heavy (non-hydrogen) atoms. The van der Waals surface area contributed by atoms with Gasteiger partial charge in [-0.1, -0.05) is 18.9 Å². The number of hydrogen-bond acceptors (Lipinski definition) is 4. The summed E-state index contributed by atoms with van der Waals surface area (Å²) in [7, 11) is 1.74. The summed E-state index contributed by atoms with van der Waals surface area (Å²) < 4.78 is 5.44. The second-order valence-corrected chi connectivity index (χ2v) is 7.83. The zero-order valence-corrected chi connectivity index (χ0v) is 16.1. The first-order valence-electron chi connectivity index (χ1n) is 9.85. The maximum Gasteiger partial charge on any atom is 0.122 e. The number of aliphatic hydroxyl groups is 1. The number of methoxy groups -OCH3 is 1. The monoisotopic (exact) mass is 346 g/mol. The molecule has 1 aliphatic heterocycles. The number of aliphatic hydroxyl groups excluding tert-OH is 1. The van der Waals surface area contributed by atoms with E-state index < -0.39 is 0 Å². The van der Waals surface area contributed by atoms with E-state index in [0.29, 0.717) is 12.6 Å². The van der Waals surface area contributed by atoms with Crippen LogP contribution >= 0.6 is 0 Å². The Balaban J connectivity index is 1.67. The second kappa shape index (κ2) is 8.52. The van der Waals surface area contributed by atoms with Crippen molar-refractivity contribution in [1.82, 2.24) is 9.80 Å². The Bertz CT molecular complexity index is 569. The Morgan fingerprint density at radius 2 is 1.88 bits per heavy atom. The Labute approximate surface area is 152 Å². The van der Waals surface area contributed by atoms with Crippen LogP contribution in [0.3, 0.4) is 0 Å². The zero-order chi connectivity index (χ0) is 17.8. The van der Waals surface area contributed by atoms with Gasteiger partial charge in [-0.15, -0.1) is 0 Å². The number of benzene rings is 1. The van der Waals surface area contributed by atoms with E-state index in [4.69, 9.17) is 4.74 Å². The molecule has 1 heterocycles. The number of ether oxygens (including phenoxy) is 1. The minimum absolute atomic E-state index is 0.294. The molecule has 1 atom stereocenters. The van der Waals surface area contributed by atoms with Gasteiger partial charge < -0.3 is 9.84 Å². The lowest BCUT2D eigenvalue weighted by atomic mass is 10.0. The van der Waals surface area contributed by atoms with Gasteiger partial charge in [-0.25, -0.2) is 0 Å². The lowest BCUT2D eigenvalue weighted by Gasteiger charge is -2.44. The van der Waals surface area contributed by atoms with Gasteiger partial charge >= 0.3 is 0 Å². The van der Waals surface area contributed by atoms with Crippen LogP contribution in [0.5, 0.6) is 5.75 Å². The normalized spacial score (nSPS) is 23.3. The summed E-state index contributed by atoms with van der Waals surface area (Å²) in [6.45, 7) is 8.93. The van der Waals surface area contributed by atoms with E-state index in [0.717, 1.165) is 44.4 Å². The summed E-state index contributed by atoms with van der Waals surface area (Å²) in [4.78, 5) is 5.27. The number of aryl methyl sites for hydroxylation is 2. The fourth-order valence-corrected chi connectivity index (χ4v) is 4.68. The third kappa shape index (κ3) is 4.36. The molecule has 2 aliphatic rings. The van der Waals surface area contributed by atoms with Gasteiger partial charge in [0.15, 0.2) is 0 Å². The van der Waals surface area contributed by atoms with Crippen LogP contribution in [0.4, 0.5) is 0 Å². The van der Waals surface area contributed by atoms with E-state index in [2.05, 4.69) is 35.8 Å². The van der Waals surface area contributed by atoms with Crippen molar-refractivity contribution in [3.8, 4) is 5.75 Å². The SMILES string of the molecule is COc1cc(C)c(CN2CCN(C3CCCC3)[C@H](CCO)C2)cc1C. The van der Waals surface area contributed by atoms with Gasteiger partial charge in [-0.2, -0.15) is 0 Å². The predicted molar refractivity (Wildman–Crippen MR) is 102 cm³/mol. The van der Waals surface area contributed by atoms with Crippen molar-refractivity contribution in [3.05, 3.63) is 28.8 Å². The molecule has 0 aromatic heterocycles. The molecule has 4 nitrogen and oxygen atoms in total. The lowest BCUT2D eigenvalue weighted by molar-refractivity contribution is 0.0266. The standard InChI is InChI=1S/C21H34N2O2/c1-16-13-21(25-3)17(2)12-18(16)14-22-9-10-23(19-6-4-5-7-19)20(15-22)8-11-24/h12-13,19-20,24H,4-11,14-15H2,1-3H3/t20-/m1/s1. The van der Waals surface area contributed by atoms with Crippen molar-refractivity contribution in [1.29, 1.82) is 0 Å². The molecule has 0 bridgehead atoms. The highest BCUT2D eigenvalue weighted by Gasteiger charge is 2.33.